The van der Waals surface area contributed by atoms with Gasteiger partial charge in [-0.15, -0.1) is 0 Å². The van der Waals surface area contributed by atoms with Gasteiger partial charge >= 0.3 is 0 Å². The highest BCUT2D eigenvalue weighted by atomic mass is 35.5. The lowest BCUT2D eigenvalue weighted by Gasteiger charge is -2.17. The molecule has 0 atom stereocenters. The van der Waals surface area contributed by atoms with Crippen LogP contribution in [0, 0.1) is 0 Å². The van der Waals surface area contributed by atoms with Crippen molar-refractivity contribution < 1.29 is 14.2 Å². The normalized spacial score (nSPS) is 12.4. The minimum atomic E-state index is -1.24. The number of ether oxygens (including phenoxy) is 3. The molecule has 0 aliphatic rings. The fraction of sp³-hybridized carbons (Fsp3) is 0.500. The van der Waals surface area contributed by atoms with E-state index in [-0.39, 0.29) is 6.73 Å². The Bertz CT molecular complexity index is 1330. The predicted molar refractivity (Wildman–Crippen MR) is 145 cm³/mol. The van der Waals surface area contributed by atoms with E-state index in [1.54, 1.807) is 10.9 Å². The van der Waals surface area contributed by atoms with Gasteiger partial charge in [-0.05, 0) is 32.0 Å². The van der Waals surface area contributed by atoms with Crippen LogP contribution < -0.4 is 5.73 Å². The molecular weight excluding hydrogens is 498 g/mol. The third kappa shape index (κ3) is 5.55. The van der Waals surface area contributed by atoms with Crippen LogP contribution in [0.25, 0.3) is 33.5 Å². The molecule has 0 aliphatic heterocycles. The average Bonchev–Trinajstić information content (AvgIpc) is 3.32. The molecule has 4 aromatic heterocycles. The van der Waals surface area contributed by atoms with Gasteiger partial charge in [0.05, 0.1) is 22.6 Å². The number of fused-ring (bicyclic) bond motifs is 2. The van der Waals surface area contributed by atoms with E-state index in [0.717, 1.165) is 11.4 Å². The van der Waals surface area contributed by atoms with Crippen molar-refractivity contribution >= 4 is 47.6 Å². The van der Waals surface area contributed by atoms with Gasteiger partial charge in [0.25, 0.3) is 0 Å². The summed E-state index contributed by atoms with van der Waals surface area (Å²) in [7, 11) is -1.24. The van der Waals surface area contributed by atoms with Crippen molar-refractivity contribution in [2.24, 2.45) is 0 Å². The Morgan fingerprint density at radius 2 is 1.83 bits per heavy atom. The largest absolute Gasteiger partial charge is 0.383 e. The summed E-state index contributed by atoms with van der Waals surface area (Å²) >= 11 is 6.96. The molecule has 0 saturated carbocycles. The van der Waals surface area contributed by atoms with Crippen LogP contribution in [0.1, 0.15) is 13.8 Å². The summed E-state index contributed by atoms with van der Waals surface area (Å²) < 4.78 is 21.3. The van der Waals surface area contributed by atoms with E-state index in [1.807, 2.05) is 30.5 Å². The van der Waals surface area contributed by atoms with E-state index >= 15 is 0 Å². The monoisotopic (exact) mass is 531 g/mol. The van der Waals surface area contributed by atoms with E-state index in [2.05, 4.69) is 34.6 Å². The van der Waals surface area contributed by atoms with Crippen LogP contribution in [-0.4, -0.2) is 63.5 Å². The maximum absolute atomic E-state index is 6.96. The van der Waals surface area contributed by atoms with Crippen molar-refractivity contribution in [3.05, 3.63) is 29.7 Å². The lowest BCUT2D eigenvalue weighted by Crippen LogP contribution is -2.24. The van der Waals surface area contributed by atoms with Crippen molar-refractivity contribution in [2.45, 2.75) is 59.1 Å². The Labute approximate surface area is 216 Å². The van der Waals surface area contributed by atoms with Gasteiger partial charge in [-0.1, -0.05) is 31.2 Å². The second-order valence-electron chi connectivity index (χ2n) is 9.64. The van der Waals surface area contributed by atoms with Crippen molar-refractivity contribution in [1.82, 2.24) is 29.3 Å². The maximum Gasteiger partial charge on any atom is 0.177 e. The molecule has 4 rings (SSSR count). The van der Waals surface area contributed by atoms with Crippen LogP contribution in [0.3, 0.4) is 0 Å². The smallest absolute Gasteiger partial charge is 0.177 e. The van der Waals surface area contributed by atoms with Crippen molar-refractivity contribution in [3.63, 3.8) is 0 Å². The summed E-state index contributed by atoms with van der Waals surface area (Å²) in [6.45, 7) is 13.1. The Balaban J connectivity index is 1.83. The van der Waals surface area contributed by atoms with Gasteiger partial charge in [-0.2, -0.15) is 5.10 Å². The van der Waals surface area contributed by atoms with Gasteiger partial charge in [0.15, 0.2) is 11.9 Å². The van der Waals surface area contributed by atoms with Gasteiger partial charge < -0.3 is 19.9 Å². The Morgan fingerprint density at radius 1 is 1.08 bits per heavy atom. The lowest BCUT2D eigenvalue weighted by atomic mass is 10.2. The highest BCUT2D eigenvalue weighted by Gasteiger charge is 2.26. The molecule has 10 nitrogen and oxygen atoms in total. The molecule has 194 valence electrons. The number of anilines is 1. The fourth-order valence-electron chi connectivity index (χ4n) is 4.02. The molecule has 4 heterocycles. The van der Waals surface area contributed by atoms with Gasteiger partial charge in [0, 0.05) is 39.5 Å². The van der Waals surface area contributed by atoms with E-state index in [1.165, 1.54) is 6.33 Å². The fourth-order valence-corrected chi connectivity index (χ4v) is 5.11. The zero-order valence-corrected chi connectivity index (χ0v) is 23.2. The molecule has 0 spiro atoms. The number of nitrogens with zero attached hydrogens (tertiary/aromatic N) is 6. The zero-order chi connectivity index (χ0) is 25.9. The quantitative estimate of drug-likeness (QED) is 0.157. The summed E-state index contributed by atoms with van der Waals surface area (Å²) in [6, 6.07) is 4.85. The molecule has 0 aliphatic carbocycles. The van der Waals surface area contributed by atoms with Crippen LogP contribution in [-0.2, 0) is 27.5 Å². The molecule has 36 heavy (non-hydrogen) atoms. The number of aromatic nitrogens is 6. The van der Waals surface area contributed by atoms with Crippen LogP contribution in [0.5, 0.6) is 0 Å². The van der Waals surface area contributed by atoms with Crippen LogP contribution in [0.2, 0.25) is 30.7 Å². The second kappa shape index (κ2) is 11.2. The minimum absolute atomic E-state index is 0.280. The SMILES string of the molecule is CCOC(Cn1nc(-c2c(Cl)c3cccnc3n2COCC[Si](C)(C)C)c2c(N)ncnc21)OCC. The zero-order valence-electron chi connectivity index (χ0n) is 21.5. The highest BCUT2D eigenvalue weighted by molar-refractivity contribution is 6.76. The molecule has 0 saturated heterocycles. The van der Waals surface area contributed by atoms with Crippen LogP contribution in [0.15, 0.2) is 24.7 Å². The van der Waals surface area contributed by atoms with Crippen molar-refractivity contribution in [3.8, 4) is 11.4 Å². The summed E-state index contributed by atoms with van der Waals surface area (Å²) in [5.74, 6) is 0.311. The van der Waals surface area contributed by atoms with Crippen molar-refractivity contribution in [2.75, 3.05) is 25.6 Å². The summed E-state index contributed by atoms with van der Waals surface area (Å²) in [4.78, 5) is 13.3. The van der Waals surface area contributed by atoms with Gasteiger partial charge in [0.2, 0.25) is 0 Å². The molecule has 4 aromatic rings. The van der Waals surface area contributed by atoms with E-state index in [4.69, 9.17) is 36.6 Å². The first-order valence-electron chi connectivity index (χ1n) is 12.2. The highest BCUT2D eigenvalue weighted by Crippen LogP contribution is 2.40. The van der Waals surface area contributed by atoms with E-state index < -0.39 is 14.4 Å². The molecule has 0 amide bonds. The number of nitrogen functional groups attached to an aromatic ring is 1. The predicted octanol–water partition coefficient (Wildman–Crippen LogP) is 4.79. The Kier molecular flexibility index (Phi) is 8.26. The number of nitrogens with two attached hydrogens (primary N) is 1. The van der Waals surface area contributed by atoms with E-state index in [0.29, 0.717) is 65.3 Å². The maximum atomic E-state index is 6.96. The second-order valence-corrected chi connectivity index (χ2v) is 15.6. The number of pyridine rings is 1. The molecule has 0 bridgehead atoms. The van der Waals surface area contributed by atoms with Gasteiger partial charge in [0.1, 0.15) is 30.2 Å². The third-order valence-electron chi connectivity index (χ3n) is 5.78. The molecule has 0 unspecified atom stereocenters. The summed E-state index contributed by atoms with van der Waals surface area (Å²) in [5.41, 5.74) is 8.86. The van der Waals surface area contributed by atoms with Crippen LogP contribution >= 0.6 is 11.6 Å². The Morgan fingerprint density at radius 3 is 2.53 bits per heavy atom. The van der Waals surface area contributed by atoms with Gasteiger partial charge in [-0.25, -0.2) is 19.6 Å². The molecule has 0 radical (unpaired) electrons. The molecule has 2 N–H and O–H groups in total. The molecular formula is C24H34ClN7O3Si. The minimum Gasteiger partial charge on any atom is -0.383 e. The summed E-state index contributed by atoms with van der Waals surface area (Å²) in [6.07, 6.45) is 2.68. The standard InChI is InChI=1S/C24H34ClN7O3Si/c1-6-34-17(35-7-2)13-32-24-18(22(26)28-14-29-24)20(30-32)21-19(25)16-9-8-10-27-23(16)31(21)15-33-11-12-36(3,4)5/h8-10,14,17H,6-7,11-13,15H2,1-5H3,(H2,26,28,29). The lowest BCUT2D eigenvalue weighted by molar-refractivity contribution is -0.144. The van der Waals surface area contributed by atoms with E-state index in [9.17, 15) is 0 Å². The number of rotatable bonds is 12. The number of halogens is 1. The number of hydrogen-bond acceptors (Lipinski definition) is 8. The Hall–Kier alpha value is -2.57. The average molecular weight is 532 g/mol. The molecule has 0 fully saturated rings. The first-order chi connectivity index (χ1) is 17.2. The van der Waals surface area contributed by atoms with Crippen LogP contribution in [0.4, 0.5) is 5.82 Å². The number of hydrogen-bond donors (Lipinski definition) is 1. The van der Waals surface area contributed by atoms with Gasteiger partial charge in [-0.3, -0.25) is 4.57 Å². The molecule has 12 heteroatoms. The summed E-state index contributed by atoms with van der Waals surface area (Å²) in [5, 5.41) is 6.84. The first kappa shape index (κ1) is 26.5. The van der Waals surface area contributed by atoms with Crippen molar-refractivity contribution in [1.29, 1.82) is 0 Å². The first-order valence-corrected chi connectivity index (χ1v) is 16.2. The third-order valence-corrected chi connectivity index (χ3v) is 7.87. The topological polar surface area (TPSA) is 115 Å². The molecule has 0 aromatic carbocycles.